The molecule has 10 aromatic rings. The maximum Gasteiger partial charge on any atom is 0.164 e. The number of fused-ring (bicyclic) bond motifs is 7. The number of hydrogen-bond acceptors (Lipinski definition) is 4. The largest absolute Gasteiger partial charge is 0.455 e. The summed E-state index contributed by atoms with van der Waals surface area (Å²) in [7, 11) is 0. The number of hydrogen-bond donors (Lipinski definition) is 0. The Kier molecular flexibility index (Phi) is 4.17. The lowest BCUT2D eigenvalue weighted by molar-refractivity contribution is 0.670. The Labute approximate surface area is 297 Å². The summed E-state index contributed by atoms with van der Waals surface area (Å²) in [6, 6.07) is 24.8. The second kappa shape index (κ2) is 11.0. The highest BCUT2D eigenvalue weighted by molar-refractivity contribution is 6.16. The van der Waals surface area contributed by atoms with Crippen molar-refractivity contribution in [3.63, 3.8) is 0 Å². The molecule has 10 rings (SSSR count). The van der Waals surface area contributed by atoms with E-state index in [0.717, 1.165) is 32.3 Å². The van der Waals surface area contributed by atoms with Crippen LogP contribution in [0.15, 0.2) is 168 Å². The molecule has 0 aliphatic heterocycles. The first-order valence-corrected chi connectivity index (χ1v) is 15.5. The van der Waals surface area contributed by atoms with Crippen molar-refractivity contribution >= 4 is 54.3 Å². The van der Waals surface area contributed by atoms with E-state index < -0.39 is 60.4 Å². The molecule has 2 aromatic heterocycles. The van der Waals surface area contributed by atoms with Gasteiger partial charge in [-0.25, -0.2) is 15.0 Å². The Balaban J connectivity index is 1.35. The maximum atomic E-state index is 9.65. The van der Waals surface area contributed by atoms with E-state index in [1.807, 2.05) is 84.9 Å². The van der Waals surface area contributed by atoms with Crippen LogP contribution in [0, 0.1) is 0 Å². The number of benzene rings is 8. The lowest BCUT2D eigenvalue weighted by Gasteiger charge is -2.12. The molecule has 2 heterocycles. The van der Waals surface area contributed by atoms with Gasteiger partial charge in [-0.2, -0.15) is 0 Å². The van der Waals surface area contributed by atoms with E-state index in [2.05, 4.69) is 0 Å². The molecule has 49 heavy (non-hydrogen) atoms. The van der Waals surface area contributed by atoms with Crippen LogP contribution in [0.3, 0.4) is 0 Å². The molecule has 4 nitrogen and oxygen atoms in total. The summed E-state index contributed by atoms with van der Waals surface area (Å²) in [6.07, 6.45) is 0. The molecule has 228 valence electrons. The molecule has 0 N–H and O–H groups in total. The van der Waals surface area contributed by atoms with Crippen molar-refractivity contribution < 1.29 is 19.5 Å². The molecule has 0 aliphatic carbocycles. The third-order valence-corrected chi connectivity index (χ3v) is 8.75. The monoisotopic (exact) mass is 636 g/mol. The topological polar surface area (TPSA) is 51.8 Å². The average Bonchev–Trinajstić information content (AvgIpc) is 3.66. The summed E-state index contributed by atoms with van der Waals surface area (Å²) in [5.74, 6) is -0.537. The van der Waals surface area contributed by atoms with Gasteiger partial charge in [0, 0.05) is 33.0 Å². The van der Waals surface area contributed by atoms with Crippen LogP contribution < -0.4 is 0 Å². The van der Waals surface area contributed by atoms with Gasteiger partial charge in [0.1, 0.15) is 11.2 Å². The number of nitrogens with zero attached hydrogens (tertiary/aromatic N) is 3. The SMILES string of the molecule is [2H]c1c([2H])c([2H])c(-c2nc(-c3ccc4ccc5ccccc5c4c3)nc(-c3c([2H])c([2H])c(-c4ccc5ccccc5c4)c4oc5c([2H])c([2H])c([2H])c([2H])c5c34)n2)c([2H])c1[2H]. The van der Waals surface area contributed by atoms with E-state index in [4.69, 9.17) is 31.7 Å². The van der Waals surface area contributed by atoms with E-state index in [9.17, 15) is 2.74 Å². The molecular weight excluding hydrogens is 599 g/mol. The van der Waals surface area contributed by atoms with Crippen LogP contribution in [0.1, 0.15) is 15.1 Å². The normalized spacial score (nSPS) is 14.8. The van der Waals surface area contributed by atoms with Gasteiger partial charge in [-0.05, 0) is 68.1 Å². The quantitative estimate of drug-likeness (QED) is 0.180. The number of para-hydroxylation sites is 1. The zero-order valence-corrected chi connectivity index (χ0v) is 25.5. The van der Waals surface area contributed by atoms with Crippen molar-refractivity contribution in [2.45, 2.75) is 0 Å². The van der Waals surface area contributed by atoms with E-state index in [1.165, 1.54) is 0 Å². The second-order valence-corrected chi connectivity index (χ2v) is 11.6. The Morgan fingerprint density at radius 2 is 1.06 bits per heavy atom. The van der Waals surface area contributed by atoms with Gasteiger partial charge in [0.25, 0.3) is 0 Å². The third-order valence-electron chi connectivity index (χ3n) is 8.75. The first-order valence-electron chi connectivity index (χ1n) is 21.0. The van der Waals surface area contributed by atoms with Crippen molar-refractivity contribution in [3.8, 4) is 45.3 Å². The fraction of sp³-hybridized carbons (Fsp3) is 0. The molecule has 0 fully saturated rings. The second-order valence-electron chi connectivity index (χ2n) is 11.6. The van der Waals surface area contributed by atoms with Crippen molar-refractivity contribution in [1.82, 2.24) is 15.0 Å². The zero-order chi connectivity index (χ0) is 41.9. The standard InChI is InChI=1S/C45H27N3O/c1-2-12-31(13-3-1)43-46-44(34-23-21-30-20-19-29-11-6-7-15-35(29)39(30)27-34)48-45(47-43)38-25-24-36(33-22-18-28-10-4-5-14-32(28)26-33)42-41(38)37-16-8-9-17-40(37)49-42/h1-27H/i1D,2D,3D,8D,9D,12D,13D,16D,17D,24D,25D. The third kappa shape index (κ3) is 4.57. The van der Waals surface area contributed by atoms with E-state index in [1.54, 1.807) is 12.1 Å². The van der Waals surface area contributed by atoms with E-state index in [-0.39, 0.29) is 62.1 Å². The fourth-order valence-electron chi connectivity index (χ4n) is 6.43. The molecular formula is C45H27N3O. The van der Waals surface area contributed by atoms with Gasteiger partial charge < -0.3 is 4.42 Å². The van der Waals surface area contributed by atoms with E-state index in [0.29, 0.717) is 11.1 Å². The Bertz CT molecular complexity index is 3500. The zero-order valence-electron chi connectivity index (χ0n) is 36.5. The number of aromatic nitrogens is 3. The van der Waals surface area contributed by atoms with Gasteiger partial charge in [-0.15, -0.1) is 0 Å². The fourth-order valence-corrected chi connectivity index (χ4v) is 6.43. The van der Waals surface area contributed by atoms with Gasteiger partial charge in [-0.3, -0.25) is 0 Å². The lowest BCUT2D eigenvalue weighted by atomic mass is 9.96. The van der Waals surface area contributed by atoms with Crippen LogP contribution in [-0.4, -0.2) is 15.0 Å². The van der Waals surface area contributed by atoms with E-state index >= 15 is 0 Å². The summed E-state index contributed by atoms with van der Waals surface area (Å²) in [6.45, 7) is 0. The number of furan rings is 1. The molecule has 4 heteroatoms. The highest BCUT2D eigenvalue weighted by Gasteiger charge is 2.21. The van der Waals surface area contributed by atoms with Crippen LogP contribution in [0.25, 0.3) is 99.5 Å². The molecule has 0 unspecified atom stereocenters. The van der Waals surface area contributed by atoms with Gasteiger partial charge in [0.15, 0.2) is 17.5 Å². The summed E-state index contributed by atoms with van der Waals surface area (Å²) in [5, 5.41) is 5.47. The van der Waals surface area contributed by atoms with Gasteiger partial charge >= 0.3 is 0 Å². The predicted octanol–water partition coefficient (Wildman–Crippen LogP) is 11.9. The van der Waals surface area contributed by atoms with Gasteiger partial charge in [0.05, 0.1) is 15.1 Å². The summed E-state index contributed by atoms with van der Waals surface area (Å²) in [5.41, 5.74) is 0.468. The summed E-state index contributed by atoms with van der Waals surface area (Å²) in [4.78, 5) is 14.3. The van der Waals surface area contributed by atoms with Crippen LogP contribution in [0.5, 0.6) is 0 Å². The minimum absolute atomic E-state index is 0.00761. The molecule has 0 bridgehead atoms. The molecule has 0 atom stereocenters. The van der Waals surface area contributed by atoms with Crippen LogP contribution in [0.4, 0.5) is 0 Å². The Morgan fingerprint density at radius 3 is 1.94 bits per heavy atom. The van der Waals surface area contributed by atoms with Gasteiger partial charge in [-0.1, -0.05) is 133 Å². The number of rotatable bonds is 4. The molecule has 0 saturated heterocycles. The molecule has 0 amide bonds. The minimum Gasteiger partial charge on any atom is -0.455 e. The predicted molar refractivity (Wildman–Crippen MR) is 201 cm³/mol. The van der Waals surface area contributed by atoms with Crippen LogP contribution in [-0.2, 0) is 0 Å². The first-order chi connectivity index (χ1) is 28.8. The smallest absolute Gasteiger partial charge is 0.164 e. The maximum absolute atomic E-state index is 9.65. The van der Waals surface area contributed by atoms with Crippen molar-refractivity contribution in [2.24, 2.45) is 0 Å². The molecule has 0 saturated carbocycles. The average molecular weight is 637 g/mol. The lowest BCUT2D eigenvalue weighted by Crippen LogP contribution is -2.00. The highest BCUT2D eigenvalue weighted by Crippen LogP contribution is 2.42. The van der Waals surface area contributed by atoms with Crippen LogP contribution in [0.2, 0.25) is 0 Å². The van der Waals surface area contributed by atoms with Crippen molar-refractivity contribution in [2.75, 3.05) is 0 Å². The summed E-state index contributed by atoms with van der Waals surface area (Å²) < 4.78 is 103. The van der Waals surface area contributed by atoms with Crippen molar-refractivity contribution in [3.05, 3.63) is 164 Å². The molecule has 0 spiro atoms. The van der Waals surface area contributed by atoms with Crippen LogP contribution >= 0.6 is 0 Å². The Morgan fingerprint density at radius 1 is 0.429 bits per heavy atom. The first kappa shape index (κ1) is 18.6. The molecule has 0 aliphatic rings. The Hall–Kier alpha value is -6.65. The highest BCUT2D eigenvalue weighted by atomic mass is 16.3. The van der Waals surface area contributed by atoms with Crippen molar-refractivity contribution in [1.29, 1.82) is 0 Å². The molecule has 8 aromatic carbocycles. The minimum atomic E-state index is -0.611. The molecule has 0 radical (unpaired) electrons. The van der Waals surface area contributed by atoms with Gasteiger partial charge in [0.2, 0.25) is 0 Å². The summed E-state index contributed by atoms with van der Waals surface area (Å²) >= 11 is 0.